The first-order valence-electron chi connectivity index (χ1n) is 9.06. The van der Waals surface area contributed by atoms with Gasteiger partial charge in [0.25, 0.3) is 0 Å². The second-order valence-electron chi connectivity index (χ2n) is 6.17. The van der Waals surface area contributed by atoms with Crippen molar-refractivity contribution in [2.24, 2.45) is 17.8 Å². The van der Waals surface area contributed by atoms with Crippen LogP contribution in [-0.2, 0) is 28.6 Å². The van der Waals surface area contributed by atoms with Gasteiger partial charge < -0.3 is 14.2 Å². The molecule has 6 nitrogen and oxygen atoms in total. The fourth-order valence-electron chi connectivity index (χ4n) is 2.97. The smallest absolute Gasteiger partial charge is 0.310 e. The molecule has 1 aliphatic carbocycles. The minimum Gasteiger partial charge on any atom is -0.465 e. The summed E-state index contributed by atoms with van der Waals surface area (Å²) in [6, 6.07) is 0. The Hall–Kier alpha value is -1.59. The Labute approximate surface area is 144 Å². The van der Waals surface area contributed by atoms with Gasteiger partial charge in [-0.15, -0.1) is 0 Å². The predicted octanol–water partition coefficient (Wildman–Crippen LogP) is 2.88. The summed E-state index contributed by atoms with van der Waals surface area (Å²) < 4.78 is 15.7. The second kappa shape index (κ2) is 11.0. The van der Waals surface area contributed by atoms with Crippen LogP contribution in [0.15, 0.2) is 0 Å². The molecule has 1 aliphatic rings. The normalized spacial score (nSPS) is 23.4. The van der Waals surface area contributed by atoms with Crippen LogP contribution in [0.25, 0.3) is 0 Å². The van der Waals surface area contributed by atoms with Crippen molar-refractivity contribution < 1.29 is 28.6 Å². The van der Waals surface area contributed by atoms with Gasteiger partial charge in [-0.2, -0.15) is 0 Å². The summed E-state index contributed by atoms with van der Waals surface area (Å²) in [5, 5.41) is 0. The molecule has 0 saturated heterocycles. The molecule has 0 aromatic rings. The Bertz CT molecular complexity index is 392. The molecule has 0 spiro atoms. The molecule has 1 rings (SSSR count). The van der Waals surface area contributed by atoms with Crippen molar-refractivity contribution in [2.75, 3.05) is 19.8 Å². The third-order valence-corrected chi connectivity index (χ3v) is 4.12. The number of carbonyl (C=O) groups is 3. The maximum absolute atomic E-state index is 12.5. The van der Waals surface area contributed by atoms with Gasteiger partial charge in [0.15, 0.2) is 0 Å². The Morgan fingerprint density at radius 1 is 0.708 bits per heavy atom. The number of rotatable bonds is 9. The number of esters is 3. The lowest BCUT2D eigenvalue weighted by molar-refractivity contribution is -0.172. The predicted molar refractivity (Wildman–Crippen MR) is 88.1 cm³/mol. The molecule has 6 heteroatoms. The standard InChI is InChI=1S/C18H30O6/c1-4-10-22-16(19)13-8-7-9-14(17(20)23-11-5-2)15(13)18(21)24-12-6-3/h13-15H,4-12H2,1-3H3. The molecule has 0 heterocycles. The molecule has 1 fully saturated rings. The Kier molecular flexibility index (Phi) is 9.42. The third kappa shape index (κ3) is 5.80. The van der Waals surface area contributed by atoms with E-state index in [1.54, 1.807) is 0 Å². The molecule has 0 aliphatic heterocycles. The summed E-state index contributed by atoms with van der Waals surface area (Å²) in [5.41, 5.74) is 0. The molecule has 0 N–H and O–H groups in total. The lowest BCUT2D eigenvalue weighted by Gasteiger charge is -2.33. The lowest BCUT2D eigenvalue weighted by Crippen LogP contribution is -2.44. The first-order chi connectivity index (χ1) is 11.6. The molecular weight excluding hydrogens is 312 g/mol. The van der Waals surface area contributed by atoms with E-state index in [1.165, 1.54) is 0 Å². The zero-order chi connectivity index (χ0) is 17.9. The van der Waals surface area contributed by atoms with Crippen LogP contribution in [0.5, 0.6) is 0 Å². The van der Waals surface area contributed by atoms with E-state index < -0.39 is 35.7 Å². The van der Waals surface area contributed by atoms with Crippen LogP contribution < -0.4 is 0 Å². The van der Waals surface area contributed by atoms with E-state index in [0.29, 0.717) is 51.7 Å². The number of ether oxygens (including phenoxy) is 3. The molecule has 2 atom stereocenters. The van der Waals surface area contributed by atoms with Gasteiger partial charge in [-0.05, 0) is 32.1 Å². The van der Waals surface area contributed by atoms with Crippen molar-refractivity contribution in [2.45, 2.75) is 59.3 Å². The summed E-state index contributed by atoms with van der Waals surface area (Å²) in [6.45, 7) is 6.63. The summed E-state index contributed by atoms with van der Waals surface area (Å²) in [4.78, 5) is 37.2. The molecule has 138 valence electrons. The molecule has 2 unspecified atom stereocenters. The monoisotopic (exact) mass is 342 g/mol. The van der Waals surface area contributed by atoms with E-state index in [9.17, 15) is 14.4 Å². The van der Waals surface area contributed by atoms with Gasteiger partial charge in [0.1, 0.15) is 0 Å². The first kappa shape index (κ1) is 20.5. The van der Waals surface area contributed by atoms with Crippen molar-refractivity contribution in [3.63, 3.8) is 0 Å². The molecule has 0 bridgehead atoms. The van der Waals surface area contributed by atoms with Crippen LogP contribution in [0, 0.1) is 17.8 Å². The molecule has 0 aromatic carbocycles. The summed E-state index contributed by atoms with van der Waals surface area (Å²) in [6.07, 6.45) is 3.87. The highest BCUT2D eigenvalue weighted by atomic mass is 16.5. The zero-order valence-electron chi connectivity index (χ0n) is 15.0. The highest BCUT2D eigenvalue weighted by Gasteiger charge is 2.47. The van der Waals surface area contributed by atoms with Gasteiger partial charge in [0, 0.05) is 0 Å². The van der Waals surface area contributed by atoms with E-state index in [1.807, 2.05) is 20.8 Å². The summed E-state index contributed by atoms with van der Waals surface area (Å²) in [5.74, 6) is -3.39. The van der Waals surface area contributed by atoms with E-state index in [0.717, 1.165) is 0 Å². The quantitative estimate of drug-likeness (QED) is 0.473. The molecule has 1 saturated carbocycles. The van der Waals surface area contributed by atoms with Crippen LogP contribution in [0.1, 0.15) is 59.3 Å². The second-order valence-corrected chi connectivity index (χ2v) is 6.17. The summed E-state index contributed by atoms with van der Waals surface area (Å²) >= 11 is 0. The fourth-order valence-corrected chi connectivity index (χ4v) is 2.97. The molecule has 0 aromatic heterocycles. The number of hydrogen-bond acceptors (Lipinski definition) is 6. The molecular formula is C18H30O6. The SMILES string of the molecule is CCCOC(=O)C1CCCC(C(=O)OCCC)C1C(=O)OCCC. The third-order valence-electron chi connectivity index (χ3n) is 4.12. The Balaban J connectivity index is 2.92. The highest BCUT2D eigenvalue weighted by molar-refractivity contribution is 5.87. The van der Waals surface area contributed by atoms with Crippen molar-refractivity contribution in [1.29, 1.82) is 0 Å². The Morgan fingerprint density at radius 2 is 1.08 bits per heavy atom. The molecule has 0 radical (unpaired) electrons. The first-order valence-corrected chi connectivity index (χ1v) is 9.06. The lowest BCUT2D eigenvalue weighted by atomic mass is 9.72. The van der Waals surface area contributed by atoms with E-state index in [4.69, 9.17) is 14.2 Å². The largest absolute Gasteiger partial charge is 0.465 e. The van der Waals surface area contributed by atoms with Crippen molar-refractivity contribution >= 4 is 17.9 Å². The fraction of sp³-hybridized carbons (Fsp3) is 0.833. The average molecular weight is 342 g/mol. The maximum Gasteiger partial charge on any atom is 0.310 e. The highest BCUT2D eigenvalue weighted by Crippen LogP contribution is 2.37. The van der Waals surface area contributed by atoms with Crippen molar-refractivity contribution in [3.8, 4) is 0 Å². The van der Waals surface area contributed by atoms with Crippen LogP contribution in [0.3, 0.4) is 0 Å². The van der Waals surface area contributed by atoms with E-state index >= 15 is 0 Å². The van der Waals surface area contributed by atoms with Crippen LogP contribution >= 0.6 is 0 Å². The molecule has 0 amide bonds. The minimum absolute atomic E-state index is 0.281. The maximum atomic E-state index is 12.5. The van der Waals surface area contributed by atoms with E-state index in [-0.39, 0.29) is 6.61 Å². The van der Waals surface area contributed by atoms with Crippen molar-refractivity contribution in [1.82, 2.24) is 0 Å². The van der Waals surface area contributed by atoms with Crippen LogP contribution in [-0.4, -0.2) is 37.7 Å². The van der Waals surface area contributed by atoms with Gasteiger partial charge in [-0.25, -0.2) is 0 Å². The van der Waals surface area contributed by atoms with Gasteiger partial charge in [-0.3, -0.25) is 14.4 Å². The van der Waals surface area contributed by atoms with Gasteiger partial charge in [-0.1, -0.05) is 27.2 Å². The minimum atomic E-state index is -0.806. The van der Waals surface area contributed by atoms with E-state index in [2.05, 4.69) is 0 Å². The van der Waals surface area contributed by atoms with Crippen LogP contribution in [0.2, 0.25) is 0 Å². The van der Waals surface area contributed by atoms with Gasteiger partial charge in [0.2, 0.25) is 0 Å². The number of carbonyl (C=O) groups excluding carboxylic acids is 3. The van der Waals surface area contributed by atoms with Crippen molar-refractivity contribution in [3.05, 3.63) is 0 Å². The molecule has 24 heavy (non-hydrogen) atoms. The summed E-state index contributed by atoms with van der Waals surface area (Å²) in [7, 11) is 0. The zero-order valence-corrected chi connectivity index (χ0v) is 15.0. The van der Waals surface area contributed by atoms with Crippen LogP contribution in [0.4, 0.5) is 0 Å². The van der Waals surface area contributed by atoms with Gasteiger partial charge >= 0.3 is 17.9 Å². The van der Waals surface area contributed by atoms with Gasteiger partial charge in [0.05, 0.1) is 37.6 Å². The number of hydrogen-bond donors (Lipinski definition) is 0. The Morgan fingerprint density at radius 3 is 1.46 bits per heavy atom. The topological polar surface area (TPSA) is 78.9 Å². The average Bonchev–Trinajstić information content (AvgIpc) is 2.61.